The van der Waals surface area contributed by atoms with E-state index in [4.69, 9.17) is 0 Å². The molecule has 3 saturated heterocycles. The summed E-state index contributed by atoms with van der Waals surface area (Å²) in [5.74, 6) is -0.103. The van der Waals surface area contributed by atoms with Crippen molar-refractivity contribution in [2.45, 2.75) is 97.8 Å². The molecule has 0 aromatic rings. The monoisotopic (exact) mass is 563 g/mol. The van der Waals surface area contributed by atoms with Crippen LogP contribution in [0.2, 0.25) is 0 Å². The first kappa shape index (κ1) is 34.9. The second-order valence-corrected chi connectivity index (χ2v) is 9.96. The first-order valence-corrected chi connectivity index (χ1v) is 13.4. The Labute approximate surface area is 232 Å². The quantitative estimate of drug-likeness (QED) is 0.363. The Kier molecular flexibility index (Phi) is 18.9. The number of piperidine rings is 3. The third-order valence-electron chi connectivity index (χ3n) is 6.33. The predicted octanol–water partition coefficient (Wildman–Crippen LogP) is 2.93. The SMILES string of the molecule is CC(=O)CC(=O)N1CCCCC1.CC(=O)CC(=O)N1CCCCC1.CC(=O)CC(=O)N1CCCCC1.[Fe+3]. The minimum absolute atomic E-state index is 0. The third kappa shape index (κ3) is 16.4. The number of hydrogen-bond acceptors (Lipinski definition) is 6. The van der Waals surface area contributed by atoms with Gasteiger partial charge in [0.2, 0.25) is 17.7 Å². The van der Waals surface area contributed by atoms with Gasteiger partial charge in [0.15, 0.2) is 0 Å². The van der Waals surface area contributed by atoms with Crippen molar-refractivity contribution < 1.29 is 45.8 Å². The van der Waals surface area contributed by atoms with Gasteiger partial charge in [-0.05, 0) is 78.6 Å². The van der Waals surface area contributed by atoms with Crippen LogP contribution in [-0.4, -0.2) is 89.0 Å². The minimum Gasteiger partial charge on any atom is -0.342 e. The molecule has 1 radical (unpaired) electrons. The first-order chi connectivity index (χ1) is 17.1. The molecule has 9 nitrogen and oxygen atoms in total. The molecule has 3 fully saturated rings. The van der Waals surface area contributed by atoms with Crippen molar-refractivity contribution in [1.82, 2.24) is 14.7 Å². The summed E-state index contributed by atoms with van der Waals surface area (Å²) in [7, 11) is 0. The average Bonchev–Trinajstić information content (AvgIpc) is 2.85. The number of carbonyl (C=O) groups is 6. The maximum atomic E-state index is 11.3. The summed E-state index contributed by atoms with van der Waals surface area (Å²) in [6.45, 7) is 9.42. The summed E-state index contributed by atoms with van der Waals surface area (Å²) in [6.07, 6.45) is 10.4. The van der Waals surface area contributed by atoms with Crippen LogP contribution in [0.5, 0.6) is 0 Å². The Morgan fingerprint density at radius 2 is 0.595 bits per heavy atom. The fraction of sp³-hybridized carbons (Fsp3) is 0.778. The molecule has 37 heavy (non-hydrogen) atoms. The summed E-state index contributed by atoms with van der Waals surface area (Å²) in [5, 5.41) is 0. The fourth-order valence-electron chi connectivity index (χ4n) is 4.40. The maximum Gasteiger partial charge on any atom is 3.00 e. The predicted molar refractivity (Wildman–Crippen MR) is 137 cm³/mol. The minimum atomic E-state index is -0.0365. The zero-order valence-electron chi connectivity index (χ0n) is 22.9. The number of carbonyl (C=O) groups excluding carboxylic acids is 6. The molecule has 3 aliphatic rings. The van der Waals surface area contributed by atoms with E-state index in [1.54, 1.807) is 14.7 Å². The topological polar surface area (TPSA) is 112 Å². The van der Waals surface area contributed by atoms with Crippen molar-refractivity contribution in [3.05, 3.63) is 0 Å². The van der Waals surface area contributed by atoms with Crippen LogP contribution in [0, 0.1) is 0 Å². The van der Waals surface area contributed by atoms with Crippen LogP contribution in [0.3, 0.4) is 0 Å². The van der Waals surface area contributed by atoms with Crippen LogP contribution in [0.4, 0.5) is 0 Å². The molecule has 0 atom stereocenters. The number of hydrogen-bond donors (Lipinski definition) is 0. The van der Waals surface area contributed by atoms with E-state index in [0.29, 0.717) is 0 Å². The molecule has 0 unspecified atom stereocenters. The molecular formula is C27H45FeN3O6+3. The van der Waals surface area contributed by atoms with E-state index in [0.717, 1.165) is 77.8 Å². The summed E-state index contributed by atoms with van der Waals surface area (Å²) in [5.41, 5.74) is 0. The van der Waals surface area contributed by atoms with Crippen molar-refractivity contribution in [3.63, 3.8) is 0 Å². The van der Waals surface area contributed by atoms with Crippen molar-refractivity contribution >= 4 is 35.1 Å². The van der Waals surface area contributed by atoms with Crippen LogP contribution < -0.4 is 0 Å². The van der Waals surface area contributed by atoms with Crippen LogP contribution in [-0.2, 0) is 45.8 Å². The van der Waals surface area contributed by atoms with E-state index in [-0.39, 0.29) is 71.4 Å². The smallest absolute Gasteiger partial charge is 0.342 e. The van der Waals surface area contributed by atoms with Crippen LogP contribution >= 0.6 is 0 Å². The molecule has 10 heteroatoms. The standard InChI is InChI=1S/3C9H15NO2.Fe/c3*1-8(11)7-9(12)10-5-3-2-4-6-10;/h3*2-7H2,1H3;/q;;;+3. The molecular weight excluding hydrogens is 518 g/mol. The van der Waals surface area contributed by atoms with Gasteiger partial charge in [0.05, 0.1) is 19.3 Å². The van der Waals surface area contributed by atoms with Crippen LogP contribution in [0.25, 0.3) is 0 Å². The van der Waals surface area contributed by atoms with Crippen molar-refractivity contribution in [3.8, 4) is 0 Å². The average molecular weight is 564 g/mol. The number of likely N-dealkylation sites (tertiary alicyclic amines) is 3. The van der Waals surface area contributed by atoms with Gasteiger partial charge in [-0.2, -0.15) is 0 Å². The van der Waals surface area contributed by atoms with Gasteiger partial charge in [0, 0.05) is 39.3 Å². The summed E-state index contributed by atoms with van der Waals surface area (Å²) >= 11 is 0. The van der Waals surface area contributed by atoms with Crippen molar-refractivity contribution in [2.24, 2.45) is 0 Å². The molecule has 3 amide bonds. The summed E-state index contributed by atoms with van der Waals surface area (Å²) in [6, 6.07) is 0. The van der Waals surface area contributed by atoms with Crippen LogP contribution in [0.15, 0.2) is 0 Å². The molecule has 0 saturated carbocycles. The zero-order valence-corrected chi connectivity index (χ0v) is 24.0. The third-order valence-corrected chi connectivity index (χ3v) is 6.33. The second-order valence-electron chi connectivity index (χ2n) is 9.96. The molecule has 3 aliphatic heterocycles. The molecule has 3 heterocycles. The first-order valence-electron chi connectivity index (χ1n) is 13.4. The van der Waals surface area contributed by atoms with Gasteiger partial charge in [0.25, 0.3) is 0 Å². The van der Waals surface area contributed by atoms with Gasteiger partial charge in [-0.25, -0.2) is 0 Å². The van der Waals surface area contributed by atoms with E-state index in [9.17, 15) is 28.8 Å². The normalized spacial score (nSPS) is 17.1. The fourth-order valence-corrected chi connectivity index (χ4v) is 4.40. The van der Waals surface area contributed by atoms with Crippen molar-refractivity contribution in [2.75, 3.05) is 39.3 Å². The van der Waals surface area contributed by atoms with Crippen molar-refractivity contribution in [1.29, 1.82) is 0 Å². The molecule has 0 aromatic carbocycles. The largest absolute Gasteiger partial charge is 3.00 e. The molecule has 0 aliphatic carbocycles. The van der Waals surface area contributed by atoms with E-state index in [1.165, 1.54) is 40.0 Å². The number of nitrogens with zero attached hydrogens (tertiary/aromatic N) is 3. The van der Waals surface area contributed by atoms with E-state index in [1.807, 2.05) is 0 Å². The maximum absolute atomic E-state index is 11.3. The van der Waals surface area contributed by atoms with Gasteiger partial charge >= 0.3 is 17.1 Å². The Hall–Kier alpha value is -2.06. The Morgan fingerprint density at radius 3 is 0.757 bits per heavy atom. The zero-order chi connectivity index (χ0) is 26.9. The number of amides is 3. The molecule has 3 rings (SSSR count). The van der Waals surface area contributed by atoms with Gasteiger partial charge < -0.3 is 14.7 Å². The Balaban J connectivity index is 0.000000518. The number of Topliss-reactive ketones (excluding diaryl/α,β-unsaturated/α-hetero) is 3. The molecule has 0 spiro atoms. The Morgan fingerprint density at radius 1 is 0.405 bits per heavy atom. The second kappa shape index (κ2) is 20.0. The molecule has 0 N–H and O–H groups in total. The number of ketones is 3. The summed E-state index contributed by atoms with van der Waals surface area (Å²) in [4.78, 5) is 71.3. The van der Waals surface area contributed by atoms with Gasteiger partial charge in [-0.15, -0.1) is 0 Å². The summed E-state index contributed by atoms with van der Waals surface area (Å²) < 4.78 is 0. The Bertz CT molecular complexity index is 655. The number of rotatable bonds is 6. The van der Waals surface area contributed by atoms with E-state index < -0.39 is 0 Å². The van der Waals surface area contributed by atoms with Crippen LogP contribution in [0.1, 0.15) is 97.8 Å². The van der Waals surface area contributed by atoms with Gasteiger partial charge in [-0.3, -0.25) is 28.8 Å². The molecule has 0 bridgehead atoms. The van der Waals surface area contributed by atoms with Gasteiger partial charge in [0.1, 0.15) is 17.3 Å². The van der Waals surface area contributed by atoms with Gasteiger partial charge in [-0.1, -0.05) is 0 Å². The van der Waals surface area contributed by atoms with E-state index >= 15 is 0 Å². The molecule has 209 valence electrons. The molecule has 0 aromatic heterocycles. The van der Waals surface area contributed by atoms with E-state index in [2.05, 4.69) is 0 Å².